The summed E-state index contributed by atoms with van der Waals surface area (Å²) in [5.74, 6) is 0.0639. The van der Waals surface area contributed by atoms with Crippen LogP contribution in [0.4, 0.5) is 0 Å². The van der Waals surface area contributed by atoms with Gasteiger partial charge in [-0.15, -0.1) is 0 Å². The molecule has 0 saturated heterocycles. The third kappa shape index (κ3) is 1.89. The van der Waals surface area contributed by atoms with Crippen molar-refractivity contribution in [3.63, 3.8) is 0 Å². The average molecular weight is 234 g/mol. The molecule has 2 heteroatoms. The predicted octanol–water partition coefficient (Wildman–Crippen LogP) is 3.02. The van der Waals surface area contributed by atoms with E-state index in [4.69, 9.17) is 0 Å². The molecule has 2 aliphatic rings. The van der Waals surface area contributed by atoms with Crippen LogP contribution in [-0.4, -0.2) is 16.5 Å². The van der Waals surface area contributed by atoms with Crippen LogP contribution in [0.5, 0.6) is 0 Å². The van der Waals surface area contributed by atoms with Crippen LogP contribution in [0.3, 0.4) is 0 Å². The predicted molar refractivity (Wildman–Crippen MR) is 68.6 cm³/mol. The Balaban J connectivity index is 2.47. The summed E-state index contributed by atoms with van der Waals surface area (Å²) in [5.41, 5.74) is -0.174. The van der Waals surface area contributed by atoms with Gasteiger partial charge in [-0.1, -0.05) is 27.2 Å². The van der Waals surface area contributed by atoms with Crippen molar-refractivity contribution in [2.45, 2.75) is 52.6 Å². The van der Waals surface area contributed by atoms with Crippen molar-refractivity contribution in [1.29, 1.82) is 0 Å². The lowest BCUT2D eigenvalue weighted by Crippen LogP contribution is -2.37. The molecule has 1 N–H and O–H groups in total. The zero-order chi connectivity index (χ0) is 12.9. The quantitative estimate of drug-likeness (QED) is 0.757. The van der Waals surface area contributed by atoms with Crippen LogP contribution in [0.25, 0.3) is 0 Å². The fourth-order valence-electron chi connectivity index (χ4n) is 3.17. The van der Waals surface area contributed by atoms with Gasteiger partial charge in [-0.3, -0.25) is 4.79 Å². The molecule has 0 bridgehead atoms. The Bertz CT molecular complexity index is 413. The smallest absolute Gasteiger partial charge is 0.181 e. The van der Waals surface area contributed by atoms with E-state index in [2.05, 4.69) is 20.8 Å². The number of carbonyl (C=O) groups is 1. The molecule has 17 heavy (non-hydrogen) atoms. The summed E-state index contributed by atoms with van der Waals surface area (Å²) in [5, 5.41) is 10.1. The summed E-state index contributed by atoms with van der Waals surface area (Å²) in [6, 6.07) is 0. The number of hydrogen-bond acceptors (Lipinski definition) is 2. The van der Waals surface area contributed by atoms with Crippen LogP contribution in [-0.2, 0) is 4.79 Å². The summed E-state index contributed by atoms with van der Waals surface area (Å²) in [6.45, 7) is 8.34. The van der Waals surface area contributed by atoms with E-state index in [0.717, 1.165) is 24.8 Å². The monoisotopic (exact) mass is 234 g/mol. The molecule has 0 spiro atoms. The molecule has 0 heterocycles. The van der Waals surface area contributed by atoms with Crippen molar-refractivity contribution in [2.75, 3.05) is 0 Å². The summed E-state index contributed by atoms with van der Waals surface area (Å²) in [6.07, 6.45) is 8.17. The normalized spacial score (nSPS) is 40.5. The Morgan fingerprint density at radius 2 is 1.82 bits per heavy atom. The molecule has 0 aromatic rings. The molecule has 1 saturated carbocycles. The molecular formula is C15H22O2. The molecule has 0 aromatic carbocycles. The first-order valence-electron chi connectivity index (χ1n) is 6.37. The van der Waals surface area contributed by atoms with Gasteiger partial charge in [0, 0.05) is 11.0 Å². The largest absolute Gasteiger partial charge is 0.382 e. The molecule has 2 aliphatic carbocycles. The first kappa shape index (κ1) is 12.6. The summed E-state index contributed by atoms with van der Waals surface area (Å²) < 4.78 is 0. The Hall–Kier alpha value is -0.890. The van der Waals surface area contributed by atoms with Crippen LogP contribution in [0, 0.1) is 10.8 Å². The van der Waals surface area contributed by atoms with E-state index in [1.54, 1.807) is 19.1 Å². The summed E-state index contributed by atoms with van der Waals surface area (Å²) >= 11 is 0. The lowest BCUT2D eigenvalue weighted by Gasteiger charge is -2.41. The van der Waals surface area contributed by atoms with E-state index in [0.29, 0.717) is 0 Å². The van der Waals surface area contributed by atoms with Crippen LogP contribution >= 0.6 is 0 Å². The molecular weight excluding hydrogens is 212 g/mol. The van der Waals surface area contributed by atoms with Crippen molar-refractivity contribution < 1.29 is 9.90 Å². The molecule has 2 nitrogen and oxygen atoms in total. The van der Waals surface area contributed by atoms with Gasteiger partial charge in [0.25, 0.3) is 0 Å². The van der Waals surface area contributed by atoms with Crippen LogP contribution in [0.15, 0.2) is 23.8 Å². The first-order valence-corrected chi connectivity index (χ1v) is 6.37. The third-order valence-corrected chi connectivity index (χ3v) is 4.84. The molecule has 0 radical (unpaired) electrons. The summed E-state index contributed by atoms with van der Waals surface area (Å²) in [7, 11) is 0. The minimum Gasteiger partial charge on any atom is -0.382 e. The highest BCUT2D eigenvalue weighted by Gasteiger charge is 2.49. The second kappa shape index (κ2) is 3.55. The average Bonchev–Trinajstić information content (AvgIpc) is 2.47. The molecule has 0 aromatic heterocycles. The van der Waals surface area contributed by atoms with Crippen molar-refractivity contribution in [1.82, 2.24) is 0 Å². The Kier molecular flexibility index (Phi) is 2.62. The van der Waals surface area contributed by atoms with Crippen molar-refractivity contribution >= 4 is 5.78 Å². The lowest BCUT2D eigenvalue weighted by atomic mass is 9.62. The van der Waals surface area contributed by atoms with Crippen molar-refractivity contribution in [2.24, 2.45) is 10.8 Å². The van der Waals surface area contributed by atoms with E-state index < -0.39 is 5.60 Å². The molecule has 2 atom stereocenters. The van der Waals surface area contributed by atoms with Crippen LogP contribution < -0.4 is 0 Å². The minimum absolute atomic E-state index is 0.0639. The minimum atomic E-state index is -0.981. The number of allylic oxidation sites excluding steroid dienone is 2. The van der Waals surface area contributed by atoms with E-state index in [9.17, 15) is 9.90 Å². The first-order chi connectivity index (χ1) is 7.68. The van der Waals surface area contributed by atoms with Gasteiger partial charge in [0.05, 0.1) is 5.60 Å². The third-order valence-electron chi connectivity index (χ3n) is 4.84. The summed E-state index contributed by atoms with van der Waals surface area (Å²) in [4.78, 5) is 12.1. The Morgan fingerprint density at radius 3 is 2.35 bits per heavy atom. The fraction of sp³-hybridized carbons (Fsp3) is 0.667. The standard InChI is InChI=1S/C15H22O2/c1-13(2)7-5-8-15(13,4)11-10-14(3,17)9-6-12(11)16/h6,9-10,17H,5,7-8H2,1-4H3/t14?,15-/m1/s1. The topological polar surface area (TPSA) is 37.3 Å². The van der Waals surface area contributed by atoms with Gasteiger partial charge in [-0.2, -0.15) is 0 Å². The fourth-order valence-corrected chi connectivity index (χ4v) is 3.17. The highest BCUT2D eigenvalue weighted by Crippen LogP contribution is 2.57. The van der Waals surface area contributed by atoms with Gasteiger partial charge in [0.2, 0.25) is 0 Å². The maximum absolute atomic E-state index is 12.1. The number of aliphatic hydroxyl groups is 1. The molecule has 1 fully saturated rings. The van der Waals surface area contributed by atoms with Crippen LogP contribution in [0.2, 0.25) is 0 Å². The highest BCUT2D eigenvalue weighted by molar-refractivity contribution is 6.06. The van der Waals surface area contributed by atoms with E-state index >= 15 is 0 Å². The number of hydrogen-bond donors (Lipinski definition) is 1. The second-order valence-corrected chi connectivity index (χ2v) is 6.55. The maximum Gasteiger partial charge on any atom is 0.181 e. The molecule has 0 aliphatic heterocycles. The maximum atomic E-state index is 12.1. The van der Waals surface area contributed by atoms with Gasteiger partial charge < -0.3 is 5.11 Å². The van der Waals surface area contributed by atoms with Crippen molar-refractivity contribution in [3.05, 3.63) is 23.8 Å². The van der Waals surface area contributed by atoms with Crippen LogP contribution in [0.1, 0.15) is 47.0 Å². The number of carbonyl (C=O) groups excluding carboxylic acids is 1. The zero-order valence-corrected chi connectivity index (χ0v) is 11.2. The van der Waals surface area contributed by atoms with Crippen molar-refractivity contribution in [3.8, 4) is 0 Å². The van der Waals surface area contributed by atoms with Gasteiger partial charge in [0.1, 0.15) is 0 Å². The lowest BCUT2D eigenvalue weighted by molar-refractivity contribution is -0.113. The SMILES string of the molecule is CC1(O)C=CC(=O)C([C@@]2(C)CCCC2(C)C)=C1. The molecule has 1 unspecified atom stereocenters. The van der Waals surface area contributed by atoms with Gasteiger partial charge in [-0.25, -0.2) is 0 Å². The number of ketones is 1. The van der Waals surface area contributed by atoms with Gasteiger partial charge in [-0.05, 0) is 43.4 Å². The van der Waals surface area contributed by atoms with E-state index in [-0.39, 0.29) is 16.6 Å². The number of rotatable bonds is 1. The second-order valence-electron chi connectivity index (χ2n) is 6.55. The van der Waals surface area contributed by atoms with E-state index in [1.807, 2.05) is 0 Å². The van der Waals surface area contributed by atoms with Gasteiger partial charge in [0.15, 0.2) is 5.78 Å². The molecule has 0 amide bonds. The van der Waals surface area contributed by atoms with Gasteiger partial charge >= 0.3 is 0 Å². The van der Waals surface area contributed by atoms with E-state index in [1.165, 1.54) is 6.08 Å². The highest BCUT2D eigenvalue weighted by atomic mass is 16.3. The zero-order valence-electron chi connectivity index (χ0n) is 11.2. The Morgan fingerprint density at radius 1 is 1.18 bits per heavy atom. The Labute approximate surface area is 103 Å². The molecule has 2 rings (SSSR count). The molecule has 94 valence electrons.